The third kappa shape index (κ3) is 1.47. The highest BCUT2D eigenvalue weighted by Gasteiger charge is 1.92. The second kappa shape index (κ2) is 2.69. The summed E-state index contributed by atoms with van der Waals surface area (Å²) >= 11 is 0. The molecule has 10 heavy (non-hydrogen) atoms. The minimum atomic E-state index is -0.199. The van der Waals surface area contributed by atoms with Gasteiger partial charge in [-0.3, -0.25) is 0 Å². The molecule has 0 aliphatic carbocycles. The van der Waals surface area contributed by atoms with Crippen LogP contribution in [0.3, 0.4) is 0 Å². The Morgan fingerprint density at radius 2 is 2.10 bits per heavy atom. The summed E-state index contributed by atoms with van der Waals surface area (Å²) in [5.74, 6) is -0.199. The minimum absolute atomic E-state index is 0.199. The average Bonchev–Trinajstić information content (AvgIpc) is 1.85. The van der Waals surface area contributed by atoms with Crippen LogP contribution in [0.5, 0.6) is 0 Å². The maximum absolute atomic E-state index is 12.6. The molecule has 0 atom stereocenters. The summed E-state index contributed by atoms with van der Waals surface area (Å²) in [4.78, 5) is 0. The molecule has 0 aromatic heterocycles. The van der Waals surface area contributed by atoms with E-state index in [0.717, 1.165) is 11.0 Å². The molecule has 50 valence electrons. The predicted molar refractivity (Wildman–Crippen MR) is 44.7 cm³/mol. The Morgan fingerprint density at radius 1 is 1.40 bits per heavy atom. The standard InChI is InChI=1S/C8H8BF/c1-2-6-3-7(9)5-8(10)4-6/h2-5H,1,9H2. The Kier molecular flexibility index (Phi) is 1.90. The van der Waals surface area contributed by atoms with Gasteiger partial charge in [0.1, 0.15) is 13.7 Å². The SMILES string of the molecule is Bc1cc(F)cc(C=C)c1. The lowest BCUT2D eigenvalue weighted by Gasteiger charge is -1.95. The molecule has 0 nitrogen and oxygen atoms in total. The summed E-state index contributed by atoms with van der Waals surface area (Å²) < 4.78 is 12.6. The quantitative estimate of drug-likeness (QED) is 0.496. The highest BCUT2D eigenvalue weighted by atomic mass is 19.1. The molecule has 0 bridgehead atoms. The van der Waals surface area contributed by atoms with E-state index in [0.29, 0.717) is 0 Å². The lowest BCUT2D eigenvalue weighted by atomic mass is 9.94. The molecule has 1 aromatic carbocycles. The summed E-state index contributed by atoms with van der Waals surface area (Å²) in [6.07, 6.45) is 1.64. The Labute approximate surface area is 60.8 Å². The van der Waals surface area contributed by atoms with Gasteiger partial charge in [0.2, 0.25) is 0 Å². The van der Waals surface area contributed by atoms with Crippen molar-refractivity contribution < 1.29 is 4.39 Å². The second-order valence-electron chi connectivity index (χ2n) is 2.27. The van der Waals surface area contributed by atoms with Gasteiger partial charge in [0.15, 0.2) is 0 Å². The Morgan fingerprint density at radius 3 is 2.60 bits per heavy atom. The van der Waals surface area contributed by atoms with E-state index in [1.165, 1.54) is 12.1 Å². The van der Waals surface area contributed by atoms with Gasteiger partial charge >= 0.3 is 0 Å². The van der Waals surface area contributed by atoms with Crippen molar-refractivity contribution in [2.45, 2.75) is 0 Å². The van der Waals surface area contributed by atoms with E-state index in [4.69, 9.17) is 0 Å². The summed E-state index contributed by atoms with van der Waals surface area (Å²) in [6, 6.07) is 4.84. The highest BCUT2D eigenvalue weighted by Crippen LogP contribution is 2.01. The maximum atomic E-state index is 12.6. The van der Waals surface area contributed by atoms with Crippen LogP contribution in [0.1, 0.15) is 5.56 Å². The first kappa shape index (κ1) is 7.07. The van der Waals surface area contributed by atoms with Crippen LogP contribution in [0.4, 0.5) is 4.39 Å². The van der Waals surface area contributed by atoms with Crippen LogP contribution in [-0.4, -0.2) is 7.85 Å². The van der Waals surface area contributed by atoms with Crippen molar-refractivity contribution in [3.8, 4) is 0 Å². The van der Waals surface area contributed by atoms with Gasteiger partial charge in [-0.1, -0.05) is 24.2 Å². The zero-order valence-electron chi connectivity index (χ0n) is 5.89. The van der Waals surface area contributed by atoms with Crippen molar-refractivity contribution in [1.29, 1.82) is 0 Å². The predicted octanol–water partition coefficient (Wildman–Crippen LogP) is 0.727. The zero-order chi connectivity index (χ0) is 7.56. The molecule has 0 spiro atoms. The van der Waals surface area contributed by atoms with Crippen LogP contribution in [0.15, 0.2) is 24.8 Å². The minimum Gasteiger partial charge on any atom is -0.207 e. The first-order valence-electron chi connectivity index (χ1n) is 3.12. The van der Waals surface area contributed by atoms with Gasteiger partial charge in [0.05, 0.1) is 0 Å². The van der Waals surface area contributed by atoms with Crippen molar-refractivity contribution in [2.75, 3.05) is 0 Å². The van der Waals surface area contributed by atoms with Crippen LogP contribution in [0.2, 0.25) is 0 Å². The first-order valence-corrected chi connectivity index (χ1v) is 3.12. The van der Waals surface area contributed by atoms with Gasteiger partial charge in [0, 0.05) is 0 Å². The lowest BCUT2D eigenvalue weighted by Crippen LogP contribution is -2.02. The van der Waals surface area contributed by atoms with Gasteiger partial charge < -0.3 is 0 Å². The molecule has 0 unspecified atom stereocenters. The lowest BCUT2D eigenvalue weighted by molar-refractivity contribution is 0.628. The summed E-state index contributed by atoms with van der Waals surface area (Å²) in [5.41, 5.74) is 1.76. The fourth-order valence-electron chi connectivity index (χ4n) is 0.882. The van der Waals surface area contributed by atoms with Gasteiger partial charge in [-0.05, 0) is 17.7 Å². The molecule has 0 amide bonds. The summed E-state index contributed by atoms with van der Waals surface area (Å²) in [6.45, 7) is 3.55. The highest BCUT2D eigenvalue weighted by molar-refractivity contribution is 6.32. The molecular formula is C8H8BF. The van der Waals surface area contributed by atoms with E-state index < -0.39 is 0 Å². The van der Waals surface area contributed by atoms with Gasteiger partial charge in [-0.25, -0.2) is 4.39 Å². The molecule has 0 aliphatic rings. The third-order valence-electron chi connectivity index (χ3n) is 1.30. The molecule has 0 N–H and O–H groups in total. The van der Waals surface area contributed by atoms with Gasteiger partial charge in [-0.2, -0.15) is 0 Å². The van der Waals surface area contributed by atoms with E-state index in [9.17, 15) is 4.39 Å². The number of rotatable bonds is 1. The van der Waals surface area contributed by atoms with E-state index in [1.807, 2.05) is 13.9 Å². The van der Waals surface area contributed by atoms with Crippen LogP contribution < -0.4 is 5.46 Å². The van der Waals surface area contributed by atoms with Crippen LogP contribution in [-0.2, 0) is 0 Å². The van der Waals surface area contributed by atoms with Crippen LogP contribution in [0, 0.1) is 5.82 Å². The van der Waals surface area contributed by atoms with Gasteiger partial charge in [-0.15, -0.1) is 0 Å². The molecule has 0 saturated carbocycles. The molecule has 2 heteroatoms. The Bertz CT molecular complexity index is 235. The number of hydrogen-bond donors (Lipinski definition) is 0. The summed E-state index contributed by atoms with van der Waals surface area (Å²) in [5, 5.41) is 0. The molecule has 0 radical (unpaired) electrons. The number of benzene rings is 1. The van der Waals surface area contributed by atoms with Crippen LogP contribution >= 0.6 is 0 Å². The smallest absolute Gasteiger partial charge is 0.139 e. The molecule has 1 rings (SSSR count). The molecule has 0 saturated heterocycles. The fraction of sp³-hybridized carbons (Fsp3) is 0. The third-order valence-corrected chi connectivity index (χ3v) is 1.30. The topological polar surface area (TPSA) is 0 Å². The monoisotopic (exact) mass is 134 g/mol. The molecular weight excluding hydrogens is 126 g/mol. The summed E-state index contributed by atoms with van der Waals surface area (Å²) in [7, 11) is 1.86. The van der Waals surface area contributed by atoms with Crippen molar-refractivity contribution >= 4 is 19.4 Å². The fourth-order valence-corrected chi connectivity index (χ4v) is 0.882. The van der Waals surface area contributed by atoms with Gasteiger partial charge in [0.25, 0.3) is 0 Å². The molecule has 0 fully saturated rings. The molecule has 0 heterocycles. The van der Waals surface area contributed by atoms with Crippen molar-refractivity contribution in [3.05, 3.63) is 36.2 Å². The average molecular weight is 134 g/mol. The molecule has 0 aliphatic heterocycles. The van der Waals surface area contributed by atoms with E-state index in [2.05, 4.69) is 6.58 Å². The Hall–Kier alpha value is -1.05. The first-order chi connectivity index (χ1) is 4.72. The van der Waals surface area contributed by atoms with Crippen molar-refractivity contribution in [1.82, 2.24) is 0 Å². The number of halogens is 1. The van der Waals surface area contributed by atoms with E-state index >= 15 is 0 Å². The zero-order valence-corrected chi connectivity index (χ0v) is 5.89. The van der Waals surface area contributed by atoms with Crippen molar-refractivity contribution in [2.24, 2.45) is 0 Å². The Balaban J connectivity index is 3.18. The van der Waals surface area contributed by atoms with Crippen LogP contribution in [0.25, 0.3) is 6.08 Å². The maximum Gasteiger partial charge on any atom is 0.139 e. The molecule has 1 aromatic rings. The largest absolute Gasteiger partial charge is 0.207 e. The normalized spacial score (nSPS) is 9.30. The van der Waals surface area contributed by atoms with E-state index in [1.54, 1.807) is 6.08 Å². The second-order valence-corrected chi connectivity index (χ2v) is 2.27. The number of hydrogen-bond acceptors (Lipinski definition) is 0. The van der Waals surface area contributed by atoms with Crippen molar-refractivity contribution in [3.63, 3.8) is 0 Å². The van der Waals surface area contributed by atoms with E-state index in [-0.39, 0.29) is 5.82 Å².